The van der Waals surface area contributed by atoms with Gasteiger partial charge in [0.25, 0.3) is 0 Å². The van der Waals surface area contributed by atoms with Crippen molar-refractivity contribution >= 4 is 0 Å². The Balaban J connectivity index is 1.97. The molecule has 2 aliphatic rings. The molecule has 0 aromatic carbocycles. The van der Waals surface area contributed by atoms with Crippen molar-refractivity contribution in [1.29, 1.82) is 0 Å². The summed E-state index contributed by atoms with van der Waals surface area (Å²) in [5, 5.41) is 3.61. The summed E-state index contributed by atoms with van der Waals surface area (Å²) >= 11 is 0. The topological polar surface area (TPSA) is 21.3 Å². The minimum atomic E-state index is 0.478. The molecule has 4 unspecified atom stereocenters. The van der Waals surface area contributed by atoms with E-state index in [4.69, 9.17) is 4.74 Å². The number of nitrogens with one attached hydrogen (secondary N) is 1. The zero-order chi connectivity index (χ0) is 13.8. The van der Waals surface area contributed by atoms with E-state index in [1.807, 2.05) is 0 Å². The minimum absolute atomic E-state index is 0.478. The zero-order valence-corrected chi connectivity index (χ0v) is 13.1. The van der Waals surface area contributed by atoms with Crippen LogP contribution in [0.3, 0.4) is 0 Å². The Morgan fingerprint density at radius 1 is 1.42 bits per heavy atom. The Hall–Kier alpha value is -0.340. The molecule has 1 aliphatic carbocycles. The maximum atomic E-state index is 6.19. The molecule has 0 bridgehead atoms. The van der Waals surface area contributed by atoms with E-state index in [-0.39, 0.29) is 0 Å². The first-order chi connectivity index (χ1) is 9.06. The standard InChI is InChI=1S/C17H31NO/c1-12(2)18-11-15-6-5-7-19-17(15)16-9-13(3)8-14(4)10-16/h8,12-13,15-18H,5-7,9-11H2,1-4H3. The molecule has 0 radical (unpaired) electrons. The van der Waals surface area contributed by atoms with Gasteiger partial charge in [0.15, 0.2) is 0 Å². The number of hydrogen-bond acceptors (Lipinski definition) is 2. The summed E-state index contributed by atoms with van der Waals surface area (Å²) < 4.78 is 6.19. The van der Waals surface area contributed by atoms with Gasteiger partial charge in [-0.05, 0) is 50.4 Å². The van der Waals surface area contributed by atoms with Gasteiger partial charge >= 0.3 is 0 Å². The molecule has 0 saturated carbocycles. The summed E-state index contributed by atoms with van der Waals surface area (Å²) in [4.78, 5) is 0. The molecule has 19 heavy (non-hydrogen) atoms. The molecule has 1 fully saturated rings. The van der Waals surface area contributed by atoms with Gasteiger partial charge in [-0.1, -0.05) is 32.4 Å². The molecule has 2 heteroatoms. The van der Waals surface area contributed by atoms with Gasteiger partial charge in [-0.15, -0.1) is 0 Å². The van der Waals surface area contributed by atoms with Crippen LogP contribution in [0, 0.1) is 17.8 Å². The third kappa shape index (κ3) is 4.32. The quantitative estimate of drug-likeness (QED) is 0.781. The molecule has 0 aromatic rings. The van der Waals surface area contributed by atoms with E-state index in [0.29, 0.717) is 18.1 Å². The minimum Gasteiger partial charge on any atom is -0.378 e. The van der Waals surface area contributed by atoms with Crippen LogP contribution in [-0.2, 0) is 4.74 Å². The fourth-order valence-corrected chi connectivity index (χ4v) is 3.84. The van der Waals surface area contributed by atoms with Crippen LogP contribution in [0.2, 0.25) is 0 Å². The first-order valence-corrected chi connectivity index (χ1v) is 8.08. The van der Waals surface area contributed by atoms with E-state index in [1.165, 1.54) is 25.7 Å². The van der Waals surface area contributed by atoms with Crippen molar-refractivity contribution in [3.8, 4) is 0 Å². The largest absolute Gasteiger partial charge is 0.378 e. The van der Waals surface area contributed by atoms with E-state index >= 15 is 0 Å². The van der Waals surface area contributed by atoms with Gasteiger partial charge in [-0.2, -0.15) is 0 Å². The monoisotopic (exact) mass is 265 g/mol. The van der Waals surface area contributed by atoms with Gasteiger partial charge in [-0.25, -0.2) is 0 Å². The molecule has 2 rings (SSSR count). The molecule has 1 saturated heterocycles. The predicted molar refractivity (Wildman–Crippen MR) is 81.2 cm³/mol. The first-order valence-electron chi connectivity index (χ1n) is 8.08. The highest BCUT2D eigenvalue weighted by molar-refractivity contribution is 5.08. The van der Waals surface area contributed by atoms with E-state index in [0.717, 1.165) is 25.0 Å². The highest BCUT2D eigenvalue weighted by Crippen LogP contribution is 2.37. The predicted octanol–water partition coefficient (Wildman–Crippen LogP) is 3.77. The molecule has 1 N–H and O–H groups in total. The van der Waals surface area contributed by atoms with Crippen LogP contribution < -0.4 is 5.32 Å². The third-order valence-electron chi connectivity index (χ3n) is 4.57. The maximum Gasteiger partial charge on any atom is 0.0646 e. The van der Waals surface area contributed by atoms with E-state index in [2.05, 4.69) is 39.1 Å². The van der Waals surface area contributed by atoms with Gasteiger partial charge in [0.2, 0.25) is 0 Å². The average Bonchev–Trinajstić information content (AvgIpc) is 2.35. The Labute approximate surface area is 119 Å². The lowest BCUT2D eigenvalue weighted by Gasteiger charge is -2.40. The van der Waals surface area contributed by atoms with Gasteiger partial charge in [0.05, 0.1) is 6.10 Å². The molecule has 0 aromatic heterocycles. The third-order valence-corrected chi connectivity index (χ3v) is 4.57. The van der Waals surface area contributed by atoms with Crippen LogP contribution in [0.25, 0.3) is 0 Å². The van der Waals surface area contributed by atoms with Crippen molar-refractivity contribution < 1.29 is 4.74 Å². The van der Waals surface area contributed by atoms with Crippen molar-refractivity contribution in [2.24, 2.45) is 17.8 Å². The lowest BCUT2D eigenvalue weighted by Crippen LogP contribution is -2.43. The highest BCUT2D eigenvalue weighted by atomic mass is 16.5. The number of rotatable bonds is 4. The fraction of sp³-hybridized carbons (Fsp3) is 0.882. The second kappa shape index (κ2) is 6.90. The average molecular weight is 265 g/mol. The summed E-state index contributed by atoms with van der Waals surface area (Å²) in [5.41, 5.74) is 1.56. The second-order valence-corrected chi connectivity index (χ2v) is 6.99. The molecule has 1 heterocycles. The molecule has 1 aliphatic heterocycles. The van der Waals surface area contributed by atoms with Gasteiger partial charge in [0, 0.05) is 19.2 Å². The smallest absolute Gasteiger partial charge is 0.0646 e. The fourth-order valence-electron chi connectivity index (χ4n) is 3.84. The maximum absolute atomic E-state index is 6.19. The van der Waals surface area contributed by atoms with Crippen molar-refractivity contribution in [3.05, 3.63) is 11.6 Å². The van der Waals surface area contributed by atoms with Crippen molar-refractivity contribution in [2.75, 3.05) is 13.2 Å². The summed E-state index contributed by atoms with van der Waals surface area (Å²) in [6.45, 7) is 11.2. The first kappa shape index (κ1) is 15.1. The second-order valence-electron chi connectivity index (χ2n) is 6.99. The van der Waals surface area contributed by atoms with Crippen molar-refractivity contribution in [2.45, 2.75) is 65.5 Å². The molecule has 4 atom stereocenters. The Morgan fingerprint density at radius 3 is 2.89 bits per heavy atom. The Kier molecular flexibility index (Phi) is 5.47. The number of allylic oxidation sites excluding steroid dienone is 2. The number of hydrogen-bond donors (Lipinski definition) is 1. The van der Waals surface area contributed by atoms with Gasteiger partial charge in [-0.3, -0.25) is 0 Å². The van der Waals surface area contributed by atoms with Crippen LogP contribution >= 0.6 is 0 Å². The van der Waals surface area contributed by atoms with Crippen LogP contribution in [0.5, 0.6) is 0 Å². The summed E-state index contributed by atoms with van der Waals surface area (Å²) in [5.74, 6) is 2.17. The van der Waals surface area contributed by atoms with Gasteiger partial charge in [0.1, 0.15) is 0 Å². The molecular weight excluding hydrogens is 234 g/mol. The van der Waals surface area contributed by atoms with Crippen molar-refractivity contribution in [3.63, 3.8) is 0 Å². The molecule has 0 spiro atoms. The number of ether oxygens (including phenoxy) is 1. The van der Waals surface area contributed by atoms with Crippen LogP contribution in [0.1, 0.15) is 53.4 Å². The van der Waals surface area contributed by atoms with E-state index in [1.54, 1.807) is 5.57 Å². The van der Waals surface area contributed by atoms with Crippen molar-refractivity contribution in [1.82, 2.24) is 5.32 Å². The summed E-state index contributed by atoms with van der Waals surface area (Å²) in [7, 11) is 0. The normalized spacial score (nSPS) is 36.4. The Morgan fingerprint density at radius 2 is 2.21 bits per heavy atom. The SMILES string of the molecule is CC1=CC(C)CC(C2OCCCC2CNC(C)C)C1. The Bertz CT molecular complexity index is 310. The zero-order valence-electron chi connectivity index (χ0n) is 13.1. The highest BCUT2D eigenvalue weighted by Gasteiger charge is 2.34. The van der Waals surface area contributed by atoms with Gasteiger partial charge < -0.3 is 10.1 Å². The molecule has 110 valence electrons. The lowest BCUT2D eigenvalue weighted by atomic mass is 9.75. The van der Waals surface area contributed by atoms with Crippen LogP contribution in [0.15, 0.2) is 11.6 Å². The van der Waals surface area contributed by atoms with E-state index < -0.39 is 0 Å². The molecular formula is C17H31NO. The van der Waals surface area contributed by atoms with Crippen LogP contribution in [0.4, 0.5) is 0 Å². The molecule has 0 amide bonds. The summed E-state index contributed by atoms with van der Waals surface area (Å²) in [6, 6.07) is 0.578. The van der Waals surface area contributed by atoms with E-state index in [9.17, 15) is 0 Å². The lowest BCUT2D eigenvalue weighted by molar-refractivity contribution is -0.0652. The summed E-state index contributed by atoms with van der Waals surface area (Å²) in [6.07, 6.45) is 8.04. The van der Waals surface area contributed by atoms with Crippen LogP contribution in [-0.4, -0.2) is 25.3 Å². The molecule has 2 nitrogen and oxygen atoms in total.